The summed E-state index contributed by atoms with van der Waals surface area (Å²) in [5.41, 5.74) is 1.56. The molecule has 0 unspecified atom stereocenters. The Hall–Kier alpha value is -1.92. The Morgan fingerprint density at radius 3 is 2.62 bits per heavy atom. The molecule has 1 amide bonds. The summed E-state index contributed by atoms with van der Waals surface area (Å²) in [4.78, 5) is 14.1. The molecule has 112 valence electrons. The van der Waals surface area contributed by atoms with Gasteiger partial charge in [-0.1, -0.05) is 35.5 Å². The summed E-state index contributed by atoms with van der Waals surface area (Å²) in [6, 6.07) is 10.0. The molecule has 0 radical (unpaired) electrons. The van der Waals surface area contributed by atoms with Crippen molar-refractivity contribution in [3.05, 3.63) is 47.8 Å². The van der Waals surface area contributed by atoms with Gasteiger partial charge in [-0.25, -0.2) is 4.68 Å². The van der Waals surface area contributed by atoms with E-state index in [1.807, 2.05) is 35.2 Å². The number of nitrogens with one attached hydrogen (secondary N) is 1. The Morgan fingerprint density at radius 1 is 1.19 bits per heavy atom. The number of piperazine rings is 1. The maximum atomic E-state index is 12.2. The molecule has 1 aliphatic heterocycles. The first-order chi connectivity index (χ1) is 9.83. The normalized spacial score (nSPS) is 14.6. The van der Waals surface area contributed by atoms with Gasteiger partial charge in [0.05, 0.1) is 12.7 Å². The summed E-state index contributed by atoms with van der Waals surface area (Å²) in [5.74, 6) is -0.0363. The second-order valence-electron chi connectivity index (χ2n) is 4.83. The molecule has 1 aromatic carbocycles. The van der Waals surface area contributed by atoms with Crippen LogP contribution in [-0.4, -0.2) is 52.0 Å². The number of carbonyl (C=O) groups is 1. The second-order valence-corrected chi connectivity index (χ2v) is 4.83. The van der Waals surface area contributed by atoms with E-state index in [2.05, 4.69) is 15.6 Å². The number of carbonyl (C=O) groups excluding carboxylic acids is 1. The molecule has 7 heteroatoms. The van der Waals surface area contributed by atoms with Crippen LogP contribution in [0.25, 0.3) is 0 Å². The number of benzene rings is 1. The zero-order chi connectivity index (χ0) is 13.8. The molecule has 1 aliphatic rings. The van der Waals surface area contributed by atoms with Crippen molar-refractivity contribution in [2.24, 2.45) is 0 Å². The number of halogens is 1. The van der Waals surface area contributed by atoms with E-state index in [0.29, 0.717) is 12.2 Å². The summed E-state index contributed by atoms with van der Waals surface area (Å²) in [7, 11) is 0. The van der Waals surface area contributed by atoms with E-state index in [0.717, 1.165) is 31.7 Å². The summed E-state index contributed by atoms with van der Waals surface area (Å²) >= 11 is 0. The number of hydrogen-bond donors (Lipinski definition) is 1. The van der Waals surface area contributed by atoms with Gasteiger partial charge in [-0.3, -0.25) is 4.79 Å². The zero-order valence-corrected chi connectivity index (χ0v) is 12.4. The van der Waals surface area contributed by atoms with Crippen LogP contribution in [0.1, 0.15) is 16.1 Å². The van der Waals surface area contributed by atoms with Gasteiger partial charge >= 0.3 is 0 Å². The fraction of sp³-hybridized carbons (Fsp3) is 0.357. The molecule has 21 heavy (non-hydrogen) atoms. The Balaban J connectivity index is 0.00000161. The van der Waals surface area contributed by atoms with Crippen molar-refractivity contribution in [2.45, 2.75) is 6.54 Å². The quantitative estimate of drug-likeness (QED) is 0.911. The van der Waals surface area contributed by atoms with Crippen LogP contribution in [0, 0.1) is 0 Å². The maximum Gasteiger partial charge on any atom is 0.276 e. The van der Waals surface area contributed by atoms with Crippen molar-refractivity contribution in [2.75, 3.05) is 26.2 Å². The molecule has 3 rings (SSSR count). The molecule has 2 aromatic rings. The molecule has 0 aliphatic carbocycles. The minimum atomic E-state index is -0.0363. The van der Waals surface area contributed by atoms with Gasteiger partial charge < -0.3 is 10.2 Å². The Morgan fingerprint density at radius 2 is 1.90 bits per heavy atom. The van der Waals surface area contributed by atoms with Crippen molar-refractivity contribution in [1.29, 1.82) is 0 Å². The van der Waals surface area contributed by atoms with E-state index >= 15 is 0 Å². The number of nitrogens with zero attached hydrogens (tertiary/aromatic N) is 4. The highest BCUT2D eigenvalue weighted by Gasteiger charge is 2.20. The highest BCUT2D eigenvalue weighted by Crippen LogP contribution is 2.05. The second kappa shape index (κ2) is 7.19. The monoisotopic (exact) mass is 307 g/mol. The molecule has 1 saturated heterocycles. The standard InChI is InChI=1S/C14H17N5O.ClH/c20-14(18-8-6-15-7-9-18)13-11-19(17-16-13)10-12-4-2-1-3-5-12;/h1-5,11,15H,6-10H2;1H. The van der Waals surface area contributed by atoms with Gasteiger partial charge in [0.25, 0.3) is 5.91 Å². The Bertz CT molecular complexity index is 580. The number of amides is 1. The smallest absolute Gasteiger partial charge is 0.276 e. The van der Waals surface area contributed by atoms with Crippen molar-refractivity contribution in [3.63, 3.8) is 0 Å². The van der Waals surface area contributed by atoms with Crippen molar-refractivity contribution < 1.29 is 4.79 Å². The Kier molecular flexibility index (Phi) is 5.30. The third kappa shape index (κ3) is 3.80. The molecule has 1 aromatic heterocycles. The van der Waals surface area contributed by atoms with Crippen molar-refractivity contribution in [3.8, 4) is 0 Å². The predicted molar refractivity (Wildman–Crippen MR) is 81.6 cm³/mol. The molecule has 1 N–H and O–H groups in total. The van der Waals surface area contributed by atoms with Gasteiger partial charge in [-0.05, 0) is 5.56 Å². The fourth-order valence-corrected chi connectivity index (χ4v) is 2.27. The maximum absolute atomic E-state index is 12.2. The van der Waals surface area contributed by atoms with E-state index in [4.69, 9.17) is 0 Å². The molecular weight excluding hydrogens is 290 g/mol. The SMILES string of the molecule is Cl.O=C(c1cn(Cc2ccccc2)nn1)N1CCNCC1. The van der Waals surface area contributed by atoms with Gasteiger partial charge in [-0.2, -0.15) is 0 Å². The van der Waals surface area contributed by atoms with E-state index < -0.39 is 0 Å². The van der Waals surface area contributed by atoms with Crippen LogP contribution in [0.5, 0.6) is 0 Å². The largest absolute Gasteiger partial charge is 0.335 e. The molecule has 0 spiro atoms. The van der Waals surface area contributed by atoms with Gasteiger partial charge in [0.15, 0.2) is 5.69 Å². The van der Waals surface area contributed by atoms with Gasteiger partial charge in [0, 0.05) is 26.2 Å². The molecule has 0 atom stereocenters. The van der Waals surface area contributed by atoms with E-state index in [1.165, 1.54) is 0 Å². The average molecular weight is 308 g/mol. The third-order valence-corrected chi connectivity index (χ3v) is 3.35. The van der Waals surface area contributed by atoms with Crippen molar-refractivity contribution in [1.82, 2.24) is 25.2 Å². The lowest BCUT2D eigenvalue weighted by Gasteiger charge is -2.26. The van der Waals surface area contributed by atoms with Crippen LogP contribution in [-0.2, 0) is 6.54 Å². The molecule has 2 heterocycles. The highest BCUT2D eigenvalue weighted by molar-refractivity contribution is 5.92. The van der Waals surface area contributed by atoms with Crippen LogP contribution in [0.2, 0.25) is 0 Å². The van der Waals surface area contributed by atoms with Gasteiger partial charge in [0.1, 0.15) is 0 Å². The van der Waals surface area contributed by atoms with Crippen LogP contribution in [0.4, 0.5) is 0 Å². The van der Waals surface area contributed by atoms with E-state index in [-0.39, 0.29) is 18.3 Å². The summed E-state index contributed by atoms with van der Waals surface area (Å²) in [6.07, 6.45) is 1.72. The van der Waals surface area contributed by atoms with Crippen LogP contribution < -0.4 is 5.32 Å². The number of aromatic nitrogens is 3. The third-order valence-electron chi connectivity index (χ3n) is 3.35. The summed E-state index contributed by atoms with van der Waals surface area (Å²) in [5, 5.41) is 11.2. The average Bonchev–Trinajstić information content (AvgIpc) is 2.97. The lowest BCUT2D eigenvalue weighted by molar-refractivity contribution is 0.0729. The lowest BCUT2D eigenvalue weighted by Crippen LogP contribution is -2.46. The first kappa shape index (κ1) is 15.5. The fourth-order valence-electron chi connectivity index (χ4n) is 2.27. The van der Waals surface area contributed by atoms with Crippen LogP contribution in [0.15, 0.2) is 36.5 Å². The number of rotatable bonds is 3. The molecular formula is C14H18ClN5O. The molecule has 0 saturated carbocycles. The zero-order valence-electron chi connectivity index (χ0n) is 11.6. The lowest BCUT2D eigenvalue weighted by atomic mass is 10.2. The molecule has 0 bridgehead atoms. The van der Waals surface area contributed by atoms with E-state index in [1.54, 1.807) is 10.9 Å². The minimum Gasteiger partial charge on any atom is -0.335 e. The van der Waals surface area contributed by atoms with Gasteiger partial charge in [-0.15, -0.1) is 17.5 Å². The van der Waals surface area contributed by atoms with Crippen LogP contribution in [0.3, 0.4) is 0 Å². The van der Waals surface area contributed by atoms with Gasteiger partial charge in [0.2, 0.25) is 0 Å². The predicted octanol–water partition coefficient (Wildman–Crippen LogP) is 0.794. The highest BCUT2D eigenvalue weighted by atomic mass is 35.5. The number of hydrogen-bond acceptors (Lipinski definition) is 4. The first-order valence-corrected chi connectivity index (χ1v) is 6.77. The van der Waals surface area contributed by atoms with Crippen LogP contribution >= 0.6 is 12.4 Å². The summed E-state index contributed by atoms with van der Waals surface area (Å²) in [6.45, 7) is 3.76. The Labute approximate surface area is 129 Å². The van der Waals surface area contributed by atoms with E-state index in [9.17, 15) is 4.79 Å². The first-order valence-electron chi connectivity index (χ1n) is 6.77. The molecule has 6 nitrogen and oxygen atoms in total. The topological polar surface area (TPSA) is 63.1 Å². The molecule has 1 fully saturated rings. The summed E-state index contributed by atoms with van der Waals surface area (Å²) < 4.78 is 1.70. The minimum absolute atomic E-state index is 0. The van der Waals surface area contributed by atoms with Crippen molar-refractivity contribution >= 4 is 18.3 Å².